The zero-order chi connectivity index (χ0) is 16.0. The van der Waals surface area contributed by atoms with Gasteiger partial charge in [0, 0.05) is 24.3 Å². The van der Waals surface area contributed by atoms with Gasteiger partial charge in [-0.25, -0.2) is 4.98 Å². The van der Waals surface area contributed by atoms with Crippen molar-refractivity contribution in [3.63, 3.8) is 0 Å². The van der Waals surface area contributed by atoms with Crippen molar-refractivity contribution in [1.82, 2.24) is 10.3 Å². The Kier molecular flexibility index (Phi) is 5.99. The van der Waals surface area contributed by atoms with E-state index in [2.05, 4.69) is 15.6 Å². The van der Waals surface area contributed by atoms with Gasteiger partial charge in [-0.1, -0.05) is 13.3 Å². The van der Waals surface area contributed by atoms with Crippen molar-refractivity contribution in [1.29, 1.82) is 0 Å². The van der Waals surface area contributed by atoms with E-state index in [4.69, 9.17) is 0 Å². The largest absolute Gasteiger partial charge is 0.391 e. The first kappa shape index (κ1) is 17.3. The highest BCUT2D eigenvalue weighted by Crippen LogP contribution is 2.21. The summed E-state index contributed by atoms with van der Waals surface area (Å²) in [6, 6.07) is 2.16. The minimum absolute atomic E-state index is 0.312. The smallest absolute Gasteiger partial charge is 0.373 e. The lowest BCUT2D eigenvalue weighted by Crippen LogP contribution is -2.36. The highest BCUT2D eigenvalue weighted by atomic mass is 19.4. The van der Waals surface area contributed by atoms with Crippen LogP contribution in [0.15, 0.2) is 12.1 Å². The van der Waals surface area contributed by atoms with Crippen LogP contribution in [0.3, 0.4) is 0 Å². The van der Waals surface area contributed by atoms with Gasteiger partial charge in [-0.15, -0.1) is 0 Å². The predicted octanol–water partition coefficient (Wildman–Crippen LogP) is 3.15. The highest BCUT2D eigenvalue weighted by Gasteiger charge is 2.30. The quantitative estimate of drug-likeness (QED) is 0.849. The molecule has 1 rings (SSSR count). The summed E-state index contributed by atoms with van der Waals surface area (Å²) in [7, 11) is 1.67. The maximum atomic E-state index is 12.3. The van der Waals surface area contributed by atoms with E-state index >= 15 is 0 Å². The number of pyridine rings is 1. The Hall–Kier alpha value is -1.79. The summed E-state index contributed by atoms with van der Waals surface area (Å²) in [5.41, 5.74) is 1.05. The molecule has 4 nitrogen and oxygen atoms in total. The standard InChI is InChI=1S/C14H20F3N3O/c1-4-5-11-6-10(7-12(18-3)20-11)13(21)19-9(2)8-14(15,16)17/h6-7,9H,4-5,8H2,1-3H3,(H,18,20)(H,19,21). The number of carbonyl (C=O) groups excluding carboxylic acids is 1. The van der Waals surface area contributed by atoms with E-state index in [1.165, 1.54) is 13.0 Å². The summed E-state index contributed by atoms with van der Waals surface area (Å²) in [4.78, 5) is 16.3. The molecule has 1 atom stereocenters. The molecule has 1 heterocycles. The van der Waals surface area contributed by atoms with Crippen LogP contribution in [0.5, 0.6) is 0 Å². The first-order valence-corrected chi connectivity index (χ1v) is 6.81. The minimum Gasteiger partial charge on any atom is -0.373 e. The lowest BCUT2D eigenvalue weighted by Gasteiger charge is -2.16. The van der Waals surface area contributed by atoms with Crippen molar-refractivity contribution in [3.8, 4) is 0 Å². The average Bonchev–Trinajstić information content (AvgIpc) is 2.36. The van der Waals surface area contributed by atoms with Gasteiger partial charge in [-0.2, -0.15) is 13.2 Å². The predicted molar refractivity (Wildman–Crippen MR) is 75.4 cm³/mol. The van der Waals surface area contributed by atoms with Crippen molar-refractivity contribution in [2.24, 2.45) is 0 Å². The van der Waals surface area contributed by atoms with Crippen LogP contribution in [0.1, 0.15) is 42.7 Å². The number of nitrogens with zero attached hydrogens (tertiary/aromatic N) is 1. The van der Waals surface area contributed by atoms with E-state index in [1.807, 2.05) is 6.92 Å². The Balaban J connectivity index is 2.83. The van der Waals surface area contributed by atoms with E-state index in [1.54, 1.807) is 13.1 Å². The molecule has 0 saturated heterocycles. The van der Waals surface area contributed by atoms with E-state index in [9.17, 15) is 18.0 Å². The van der Waals surface area contributed by atoms with Crippen molar-refractivity contribution in [2.75, 3.05) is 12.4 Å². The second-order valence-corrected chi connectivity index (χ2v) is 4.93. The Morgan fingerprint density at radius 2 is 2.05 bits per heavy atom. The molecule has 0 bridgehead atoms. The second kappa shape index (κ2) is 7.28. The number of aromatic nitrogens is 1. The van der Waals surface area contributed by atoms with Gasteiger partial charge < -0.3 is 10.6 Å². The van der Waals surface area contributed by atoms with Crippen LogP contribution in [-0.2, 0) is 6.42 Å². The van der Waals surface area contributed by atoms with E-state index in [0.717, 1.165) is 12.1 Å². The molecule has 0 aliphatic rings. The Morgan fingerprint density at radius 1 is 1.38 bits per heavy atom. The molecular formula is C14H20F3N3O. The summed E-state index contributed by atoms with van der Waals surface area (Å²) in [5.74, 6) is -0.00224. The van der Waals surface area contributed by atoms with E-state index < -0.39 is 24.5 Å². The fraction of sp³-hybridized carbons (Fsp3) is 0.571. The van der Waals surface area contributed by atoms with E-state index in [-0.39, 0.29) is 0 Å². The van der Waals surface area contributed by atoms with E-state index in [0.29, 0.717) is 17.8 Å². The van der Waals surface area contributed by atoms with Crippen LogP contribution in [0.25, 0.3) is 0 Å². The average molecular weight is 303 g/mol. The van der Waals surface area contributed by atoms with Crippen LogP contribution >= 0.6 is 0 Å². The summed E-state index contributed by atoms with van der Waals surface area (Å²) in [6.07, 6.45) is -3.78. The van der Waals surface area contributed by atoms with Gasteiger partial charge in [-0.3, -0.25) is 4.79 Å². The topological polar surface area (TPSA) is 54.0 Å². The van der Waals surface area contributed by atoms with Gasteiger partial charge in [-0.05, 0) is 25.5 Å². The number of hydrogen-bond donors (Lipinski definition) is 2. The third-order valence-electron chi connectivity index (χ3n) is 2.82. The molecule has 0 spiro atoms. The van der Waals surface area contributed by atoms with Crippen molar-refractivity contribution < 1.29 is 18.0 Å². The van der Waals surface area contributed by atoms with Crippen molar-refractivity contribution in [2.45, 2.75) is 45.3 Å². The Morgan fingerprint density at radius 3 is 2.57 bits per heavy atom. The summed E-state index contributed by atoms with van der Waals surface area (Å²) in [6.45, 7) is 3.32. The third-order valence-corrected chi connectivity index (χ3v) is 2.82. The van der Waals surface area contributed by atoms with Gasteiger partial charge in [0.2, 0.25) is 0 Å². The molecule has 0 radical (unpaired) electrons. The zero-order valence-electron chi connectivity index (χ0n) is 12.3. The Labute approximate surface area is 122 Å². The van der Waals surface area contributed by atoms with Crippen LogP contribution in [0, 0.1) is 0 Å². The number of rotatable bonds is 6. The lowest BCUT2D eigenvalue weighted by atomic mass is 10.1. The molecule has 2 N–H and O–H groups in total. The molecule has 0 aromatic carbocycles. The first-order chi connectivity index (χ1) is 9.75. The number of halogens is 3. The monoisotopic (exact) mass is 303 g/mol. The van der Waals surface area contributed by atoms with Gasteiger partial charge in [0.05, 0.1) is 6.42 Å². The number of nitrogens with one attached hydrogen (secondary N) is 2. The fourth-order valence-electron chi connectivity index (χ4n) is 1.94. The van der Waals surface area contributed by atoms with Crippen LogP contribution < -0.4 is 10.6 Å². The molecule has 0 aliphatic carbocycles. The molecule has 1 aromatic heterocycles. The third kappa shape index (κ3) is 6.01. The number of anilines is 1. The maximum absolute atomic E-state index is 12.3. The summed E-state index contributed by atoms with van der Waals surface area (Å²) in [5, 5.41) is 5.20. The van der Waals surface area contributed by atoms with Crippen LogP contribution in [0.2, 0.25) is 0 Å². The molecular weight excluding hydrogens is 283 g/mol. The lowest BCUT2D eigenvalue weighted by molar-refractivity contribution is -0.138. The number of hydrogen-bond acceptors (Lipinski definition) is 3. The van der Waals surface area contributed by atoms with Crippen LogP contribution in [0.4, 0.5) is 19.0 Å². The van der Waals surface area contributed by atoms with Gasteiger partial charge >= 0.3 is 6.18 Å². The summed E-state index contributed by atoms with van der Waals surface area (Å²) < 4.78 is 36.8. The van der Waals surface area contributed by atoms with Crippen LogP contribution in [-0.4, -0.2) is 30.2 Å². The molecule has 1 amide bonds. The molecule has 1 aromatic rings. The number of aryl methyl sites for hydroxylation is 1. The van der Waals surface area contributed by atoms with Gasteiger partial charge in [0.15, 0.2) is 0 Å². The molecule has 0 aliphatic heterocycles. The molecule has 118 valence electrons. The normalized spacial score (nSPS) is 12.9. The van der Waals surface area contributed by atoms with Crippen molar-refractivity contribution >= 4 is 11.7 Å². The van der Waals surface area contributed by atoms with Gasteiger partial charge in [0.25, 0.3) is 5.91 Å². The number of amides is 1. The zero-order valence-corrected chi connectivity index (χ0v) is 12.3. The first-order valence-electron chi connectivity index (χ1n) is 6.81. The SMILES string of the molecule is CCCc1cc(C(=O)NC(C)CC(F)(F)F)cc(NC)n1. The molecule has 21 heavy (non-hydrogen) atoms. The Bertz CT molecular complexity index is 489. The molecule has 0 fully saturated rings. The maximum Gasteiger partial charge on any atom is 0.391 e. The minimum atomic E-state index is -4.30. The fourth-order valence-corrected chi connectivity index (χ4v) is 1.94. The number of alkyl halides is 3. The molecule has 0 saturated carbocycles. The van der Waals surface area contributed by atoms with Gasteiger partial charge in [0.1, 0.15) is 5.82 Å². The summed E-state index contributed by atoms with van der Waals surface area (Å²) >= 11 is 0. The number of carbonyl (C=O) groups is 1. The molecule has 1 unspecified atom stereocenters. The second-order valence-electron chi connectivity index (χ2n) is 4.93. The van der Waals surface area contributed by atoms with Crippen molar-refractivity contribution in [3.05, 3.63) is 23.4 Å². The molecule has 7 heteroatoms. The highest BCUT2D eigenvalue weighted by molar-refractivity contribution is 5.95.